The van der Waals surface area contributed by atoms with E-state index in [9.17, 15) is 18.5 Å². The topological polar surface area (TPSA) is 127 Å². The molecule has 0 aromatic heterocycles. The van der Waals surface area contributed by atoms with Crippen LogP contribution in [0.15, 0.2) is 23.1 Å². The van der Waals surface area contributed by atoms with Crippen LogP contribution in [0.4, 0.5) is 11.4 Å². The third-order valence-corrected chi connectivity index (χ3v) is 5.90. The summed E-state index contributed by atoms with van der Waals surface area (Å²) in [5.74, 6) is 7.51. The van der Waals surface area contributed by atoms with E-state index in [1.807, 2.05) is 0 Å². The highest BCUT2D eigenvalue weighted by Gasteiger charge is 2.24. The van der Waals surface area contributed by atoms with Gasteiger partial charge in [0.05, 0.1) is 10.6 Å². The average molecular weight is 332 g/mol. The van der Waals surface area contributed by atoms with E-state index in [1.54, 1.807) is 11.8 Å². The van der Waals surface area contributed by atoms with Crippen LogP contribution in [-0.4, -0.2) is 31.4 Å². The molecule has 1 unspecified atom stereocenters. The number of sulfonamides is 1. The highest BCUT2D eigenvalue weighted by atomic mass is 32.2. The Morgan fingerprint density at radius 1 is 1.48 bits per heavy atom. The number of thioether (sulfide) groups is 1. The lowest BCUT2D eigenvalue weighted by Crippen LogP contribution is -2.30. The van der Waals surface area contributed by atoms with Crippen LogP contribution in [0.5, 0.6) is 0 Å². The van der Waals surface area contributed by atoms with Crippen LogP contribution in [0.3, 0.4) is 0 Å². The number of hydrogen-bond acceptors (Lipinski definition) is 7. The molecule has 1 aliphatic heterocycles. The Labute approximate surface area is 126 Å². The first kappa shape index (κ1) is 16.0. The maximum atomic E-state index is 12.3. The van der Waals surface area contributed by atoms with Gasteiger partial charge in [-0.3, -0.25) is 16.0 Å². The minimum Gasteiger partial charge on any atom is -0.323 e. The summed E-state index contributed by atoms with van der Waals surface area (Å²) in [6, 6.07) is 3.47. The average Bonchev–Trinajstić information content (AvgIpc) is 2.98. The predicted molar refractivity (Wildman–Crippen MR) is 81.5 cm³/mol. The molecule has 1 aliphatic rings. The normalized spacial score (nSPS) is 18.6. The lowest BCUT2D eigenvalue weighted by molar-refractivity contribution is -0.385. The molecule has 0 saturated carbocycles. The molecule has 10 heteroatoms. The first-order chi connectivity index (χ1) is 9.94. The van der Waals surface area contributed by atoms with Gasteiger partial charge in [-0.1, -0.05) is 0 Å². The zero-order chi connectivity index (χ0) is 15.5. The summed E-state index contributed by atoms with van der Waals surface area (Å²) in [6.07, 6.45) is 0.962. The standard InChI is InChI=1S/C11H16N4O4S2/c12-14-10-2-1-9(15(16)17)5-11(10)21(18,19)13-6-8-3-4-20-7-8/h1-2,5,8,13-14H,3-4,6-7,12H2. The molecule has 4 N–H and O–H groups in total. The van der Waals surface area contributed by atoms with Crippen molar-refractivity contribution >= 4 is 33.2 Å². The zero-order valence-electron chi connectivity index (χ0n) is 11.1. The Hall–Kier alpha value is -1.36. The Morgan fingerprint density at radius 2 is 2.24 bits per heavy atom. The van der Waals surface area contributed by atoms with Gasteiger partial charge in [-0.2, -0.15) is 11.8 Å². The fourth-order valence-electron chi connectivity index (χ4n) is 2.02. The predicted octanol–water partition coefficient (Wildman–Crippen LogP) is 0.912. The van der Waals surface area contributed by atoms with Crippen molar-refractivity contribution in [1.82, 2.24) is 4.72 Å². The van der Waals surface area contributed by atoms with E-state index in [0.717, 1.165) is 24.0 Å². The first-order valence-electron chi connectivity index (χ1n) is 6.26. The third-order valence-electron chi connectivity index (χ3n) is 3.21. The van der Waals surface area contributed by atoms with Gasteiger partial charge in [0, 0.05) is 18.7 Å². The second kappa shape index (κ2) is 6.60. The molecule has 116 valence electrons. The number of nitro groups is 1. The van der Waals surface area contributed by atoms with Crippen molar-refractivity contribution in [3.8, 4) is 0 Å². The summed E-state index contributed by atoms with van der Waals surface area (Å²) >= 11 is 1.79. The van der Waals surface area contributed by atoms with Crippen molar-refractivity contribution in [3.05, 3.63) is 28.3 Å². The van der Waals surface area contributed by atoms with Crippen LogP contribution in [0.1, 0.15) is 6.42 Å². The number of non-ortho nitro benzene ring substituents is 1. The van der Waals surface area contributed by atoms with Gasteiger partial charge in [-0.25, -0.2) is 13.1 Å². The fraction of sp³-hybridized carbons (Fsp3) is 0.455. The highest BCUT2D eigenvalue weighted by molar-refractivity contribution is 7.99. The van der Waals surface area contributed by atoms with Crippen molar-refractivity contribution in [2.45, 2.75) is 11.3 Å². The quantitative estimate of drug-likeness (QED) is 0.401. The molecular formula is C11H16N4O4S2. The molecule has 1 heterocycles. The monoisotopic (exact) mass is 332 g/mol. The Bertz CT molecular complexity index is 629. The molecule has 8 nitrogen and oxygen atoms in total. The van der Waals surface area contributed by atoms with Crippen LogP contribution in [0, 0.1) is 16.0 Å². The van der Waals surface area contributed by atoms with Gasteiger partial charge >= 0.3 is 0 Å². The van der Waals surface area contributed by atoms with E-state index in [0.29, 0.717) is 6.54 Å². The maximum Gasteiger partial charge on any atom is 0.270 e. The smallest absolute Gasteiger partial charge is 0.270 e. The molecule has 0 aliphatic carbocycles. The van der Waals surface area contributed by atoms with Crippen molar-refractivity contribution in [3.63, 3.8) is 0 Å². The molecule has 0 radical (unpaired) electrons. The number of nitrogens with zero attached hydrogens (tertiary/aromatic N) is 1. The van der Waals surface area contributed by atoms with Crippen molar-refractivity contribution in [1.29, 1.82) is 0 Å². The summed E-state index contributed by atoms with van der Waals surface area (Å²) in [5.41, 5.74) is 2.07. The number of benzene rings is 1. The fourth-order valence-corrected chi connectivity index (χ4v) is 4.60. The number of nitrogens with one attached hydrogen (secondary N) is 2. The van der Waals surface area contributed by atoms with Crippen LogP contribution in [-0.2, 0) is 10.0 Å². The summed E-state index contributed by atoms with van der Waals surface area (Å²) in [5, 5.41) is 10.8. The van der Waals surface area contributed by atoms with Crippen LogP contribution in [0.2, 0.25) is 0 Å². The number of rotatable bonds is 6. The Balaban J connectivity index is 2.24. The molecule has 1 aromatic rings. The number of nitrogen functional groups attached to an aromatic ring is 1. The molecular weight excluding hydrogens is 316 g/mol. The summed E-state index contributed by atoms with van der Waals surface area (Å²) < 4.78 is 27.1. The Kier molecular flexibility index (Phi) is 5.04. The van der Waals surface area contributed by atoms with Crippen LogP contribution in [0.25, 0.3) is 0 Å². The van der Waals surface area contributed by atoms with E-state index in [1.165, 1.54) is 12.1 Å². The lowest BCUT2D eigenvalue weighted by Gasteiger charge is -2.13. The third kappa shape index (κ3) is 3.84. The van der Waals surface area contributed by atoms with Gasteiger partial charge in [0.25, 0.3) is 5.69 Å². The number of hydrazine groups is 1. The van der Waals surface area contributed by atoms with Crippen LogP contribution >= 0.6 is 11.8 Å². The molecule has 0 bridgehead atoms. The molecule has 2 rings (SSSR count). The second-order valence-electron chi connectivity index (χ2n) is 4.66. The van der Waals surface area contributed by atoms with Gasteiger partial charge in [-0.05, 0) is 29.9 Å². The molecule has 1 atom stereocenters. The van der Waals surface area contributed by atoms with Crippen LogP contribution < -0.4 is 16.0 Å². The van der Waals surface area contributed by atoms with Crippen molar-refractivity contribution < 1.29 is 13.3 Å². The lowest BCUT2D eigenvalue weighted by atomic mass is 10.1. The molecule has 0 amide bonds. The summed E-state index contributed by atoms with van der Waals surface area (Å²) in [7, 11) is -3.85. The summed E-state index contributed by atoms with van der Waals surface area (Å²) in [4.78, 5) is 9.92. The first-order valence-corrected chi connectivity index (χ1v) is 8.90. The maximum absolute atomic E-state index is 12.3. The molecule has 1 saturated heterocycles. The van der Waals surface area contributed by atoms with Gasteiger partial charge in [0.15, 0.2) is 0 Å². The van der Waals surface area contributed by atoms with Crippen molar-refractivity contribution in [2.75, 3.05) is 23.5 Å². The summed E-state index contributed by atoms with van der Waals surface area (Å²) in [6.45, 7) is 0.321. The largest absolute Gasteiger partial charge is 0.323 e. The van der Waals surface area contributed by atoms with Gasteiger partial charge < -0.3 is 5.43 Å². The second-order valence-corrected chi connectivity index (χ2v) is 7.55. The SMILES string of the molecule is NNc1ccc([N+](=O)[O-])cc1S(=O)(=O)NCC1CCSC1. The van der Waals surface area contributed by atoms with E-state index in [4.69, 9.17) is 5.84 Å². The Morgan fingerprint density at radius 3 is 2.81 bits per heavy atom. The molecule has 1 aromatic carbocycles. The van der Waals surface area contributed by atoms with E-state index < -0.39 is 14.9 Å². The zero-order valence-corrected chi connectivity index (χ0v) is 12.7. The van der Waals surface area contributed by atoms with Crippen molar-refractivity contribution in [2.24, 2.45) is 11.8 Å². The molecule has 1 fully saturated rings. The van der Waals surface area contributed by atoms with E-state index in [2.05, 4.69) is 10.1 Å². The van der Waals surface area contributed by atoms with E-state index in [-0.39, 0.29) is 22.2 Å². The number of nitro benzene ring substituents is 1. The number of nitrogens with two attached hydrogens (primary N) is 1. The molecule has 0 spiro atoms. The minimum absolute atomic E-state index is 0.119. The number of anilines is 1. The highest BCUT2D eigenvalue weighted by Crippen LogP contribution is 2.27. The van der Waals surface area contributed by atoms with Gasteiger partial charge in [-0.15, -0.1) is 0 Å². The minimum atomic E-state index is -3.85. The van der Waals surface area contributed by atoms with E-state index >= 15 is 0 Å². The van der Waals surface area contributed by atoms with Gasteiger partial charge in [0.1, 0.15) is 4.90 Å². The van der Waals surface area contributed by atoms with Gasteiger partial charge in [0.2, 0.25) is 10.0 Å². The number of hydrogen-bond donors (Lipinski definition) is 3. The molecule has 21 heavy (non-hydrogen) atoms.